The van der Waals surface area contributed by atoms with Gasteiger partial charge in [-0.3, -0.25) is 0 Å². The van der Waals surface area contributed by atoms with Crippen molar-refractivity contribution in [3.05, 3.63) is 120 Å². The molecule has 0 N–H and O–H groups in total. The molecule has 4 aromatic rings. The number of benzene rings is 2. The van der Waals surface area contributed by atoms with Gasteiger partial charge in [0.25, 0.3) is 0 Å². The van der Waals surface area contributed by atoms with E-state index in [4.69, 9.17) is 9.47 Å². The quantitative estimate of drug-likeness (QED) is 0.177. The Labute approximate surface area is 228 Å². The topological polar surface area (TPSA) is 18.5 Å². The first-order valence-corrected chi connectivity index (χ1v) is 12.3. The van der Waals surface area contributed by atoms with Crippen LogP contribution >= 0.6 is 0 Å². The van der Waals surface area contributed by atoms with Gasteiger partial charge in [0, 0.05) is 11.5 Å². The summed E-state index contributed by atoms with van der Waals surface area (Å²) in [6, 6.07) is 37.9. The van der Waals surface area contributed by atoms with Crippen LogP contribution in [0, 0.1) is 12.1 Å². The van der Waals surface area contributed by atoms with Crippen molar-refractivity contribution in [3.63, 3.8) is 0 Å². The van der Waals surface area contributed by atoms with Crippen molar-refractivity contribution in [1.29, 1.82) is 0 Å². The molecule has 184 valence electrons. The first-order valence-electron chi connectivity index (χ1n) is 12.3. The normalized spacial score (nSPS) is 9.03. The minimum Gasteiger partial charge on any atom is -0.551 e. The van der Waals surface area contributed by atoms with E-state index in [1.165, 1.54) is 36.8 Å². The van der Waals surface area contributed by atoms with Gasteiger partial charge in [-0.25, -0.2) is 24.3 Å². The van der Waals surface area contributed by atoms with E-state index < -0.39 is 0 Å². The van der Waals surface area contributed by atoms with Crippen molar-refractivity contribution in [2.75, 3.05) is 13.2 Å². The molecule has 0 bridgehead atoms. The minimum absolute atomic E-state index is 0. The molecule has 4 aromatic carbocycles. The largest absolute Gasteiger partial charge is 4.00 e. The summed E-state index contributed by atoms with van der Waals surface area (Å²) < 4.78 is 10.3. The third-order valence-corrected chi connectivity index (χ3v) is 4.52. The Balaban J connectivity index is 0.000000437. The smallest absolute Gasteiger partial charge is 0.551 e. The van der Waals surface area contributed by atoms with E-state index in [2.05, 4.69) is 74.5 Å². The molecule has 0 atom stereocenters. The van der Waals surface area contributed by atoms with Gasteiger partial charge in [0.1, 0.15) is 0 Å². The second-order valence-electron chi connectivity index (χ2n) is 7.43. The molecule has 0 amide bonds. The zero-order valence-electron chi connectivity index (χ0n) is 21.8. The van der Waals surface area contributed by atoms with Crippen LogP contribution < -0.4 is 9.47 Å². The van der Waals surface area contributed by atoms with Gasteiger partial charge in [0.2, 0.25) is 0 Å². The molecule has 0 unspecified atom stereocenters. The first-order chi connectivity index (χ1) is 16.7. The molecular formula is C32H40O2Ti. The van der Waals surface area contributed by atoms with Crippen LogP contribution in [0.15, 0.2) is 97.1 Å². The van der Waals surface area contributed by atoms with E-state index in [1.807, 2.05) is 62.4 Å². The van der Waals surface area contributed by atoms with Crippen molar-refractivity contribution < 1.29 is 31.2 Å². The Bertz CT molecular complexity index is 808. The average molecular weight is 505 g/mol. The molecule has 0 aromatic heterocycles. The van der Waals surface area contributed by atoms with Gasteiger partial charge in [-0.15, -0.1) is 24.3 Å². The van der Waals surface area contributed by atoms with Gasteiger partial charge in [-0.1, -0.05) is 39.5 Å². The van der Waals surface area contributed by atoms with Crippen molar-refractivity contribution in [2.24, 2.45) is 0 Å². The van der Waals surface area contributed by atoms with Gasteiger partial charge < -0.3 is 9.47 Å². The molecule has 35 heavy (non-hydrogen) atoms. The molecule has 3 heteroatoms. The maximum absolute atomic E-state index is 5.17. The minimum atomic E-state index is 0. The molecule has 4 rings (SSSR count). The summed E-state index contributed by atoms with van der Waals surface area (Å²) >= 11 is 0. The predicted molar refractivity (Wildman–Crippen MR) is 145 cm³/mol. The summed E-state index contributed by atoms with van der Waals surface area (Å²) in [6.45, 7) is 9.77. The van der Waals surface area contributed by atoms with Crippen LogP contribution in [0.4, 0.5) is 0 Å². The number of hydrogen-bond donors (Lipinski definition) is 0. The van der Waals surface area contributed by atoms with E-state index in [1.54, 1.807) is 0 Å². The van der Waals surface area contributed by atoms with Crippen molar-refractivity contribution in [3.8, 4) is 11.5 Å². The molecule has 0 radical (unpaired) electrons. The molecule has 0 aliphatic rings. The maximum atomic E-state index is 5.17. The number of aryl methyl sites for hydroxylation is 2. The fourth-order valence-corrected chi connectivity index (χ4v) is 3.01. The molecule has 0 saturated heterocycles. The standard InChI is InChI=1S/2C8H9O.2C8H11.Ti/c2*1-2-9-8-6-4-3-5-7-8;2*1-2-5-8-6-3-4-7-8;/h2*3-4,6-7H,2H2,1H3;2*3-4,6-7H,2,5H2,1H3;/q4*-1;+4. The van der Waals surface area contributed by atoms with Crippen molar-refractivity contribution in [1.82, 2.24) is 0 Å². The SMILES string of the molecule is CCC[c-]1cccc1.CCC[c-]1cccc1.CCOc1c[c-]ccc1.CCOc1c[c-]ccc1.[Ti+4]. The van der Waals surface area contributed by atoms with Crippen LogP contribution in [0.1, 0.15) is 51.7 Å². The fourth-order valence-electron chi connectivity index (χ4n) is 3.01. The Kier molecular flexibility index (Phi) is 21.5. The van der Waals surface area contributed by atoms with E-state index in [-0.39, 0.29) is 21.7 Å². The van der Waals surface area contributed by atoms with Gasteiger partial charge in [0.05, 0.1) is 13.2 Å². The Morgan fingerprint density at radius 1 is 0.600 bits per heavy atom. The third kappa shape index (κ3) is 17.5. The van der Waals surface area contributed by atoms with Crippen LogP contribution in [0.25, 0.3) is 0 Å². The summed E-state index contributed by atoms with van der Waals surface area (Å²) in [6.07, 6.45) is 4.97. The Hall–Kier alpha value is -2.55. The van der Waals surface area contributed by atoms with E-state index in [9.17, 15) is 0 Å². The van der Waals surface area contributed by atoms with Crippen molar-refractivity contribution in [2.45, 2.75) is 53.4 Å². The zero-order chi connectivity index (χ0) is 24.7. The summed E-state index contributed by atoms with van der Waals surface area (Å²) in [4.78, 5) is 0. The number of hydrogen-bond acceptors (Lipinski definition) is 2. The number of rotatable bonds is 8. The summed E-state index contributed by atoms with van der Waals surface area (Å²) in [5.41, 5.74) is 2.93. The molecule has 0 spiro atoms. The van der Waals surface area contributed by atoms with Crippen LogP contribution in [-0.4, -0.2) is 13.2 Å². The summed E-state index contributed by atoms with van der Waals surface area (Å²) in [5, 5.41) is 0. The van der Waals surface area contributed by atoms with Crippen LogP contribution in [0.3, 0.4) is 0 Å². The van der Waals surface area contributed by atoms with E-state index in [0.717, 1.165) is 24.7 Å². The molecule has 0 heterocycles. The van der Waals surface area contributed by atoms with Crippen LogP contribution in [0.2, 0.25) is 0 Å². The molecular weight excluding hydrogens is 464 g/mol. The first kappa shape index (κ1) is 32.5. The van der Waals surface area contributed by atoms with E-state index >= 15 is 0 Å². The molecule has 0 saturated carbocycles. The van der Waals surface area contributed by atoms with Gasteiger partial charge >= 0.3 is 21.7 Å². The Morgan fingerprint density at radius 3 is 1.23 bits per heavy atom. The van der Waals surface area contributed by atoms with Gasteiger partial charge in [-0.05, 0) is 13.8 Å². The van der Waals surface area contributed by atoms with Crippen molar-refractivity contribution >= 4 is 0 Å². The van der Waals surface area contributed by atoms with E-state index in [0.29, 0.717) is 0 Å². The second-order valence-corrected chi connectivity index (χ2v) is 7.43. The third-order valence-electron chi connectivity index (χ3n) is 4.52. The van der Waals surface area contributed by atoms with Crippen LogP contribution in [-0.2, 0) is 34.6 Å². The molecule has 0 aliphatic carbocycles. The van der Waals surface area contributed by atoms with Crippen LogP contribution in [0.5, 0.6) is 11.5 Å². The monoisotopic (exact) mass is 504 g/mol. The summed E-state index contributed by atoms with van der Waals surface area (Å²) in [5.74, 6) is 1.78. The Morgan fingerprint density at radius 2 is 0.971 bits per heavy atom. The van der Waals surface area contributed by atoms with Gasteiger partial charge in [-0.2, -0.15) is 71.8 Å². The maximum Gasteiger partial charge on any atom is 4.00 e. The average Bonchev–Trinajstić information content (AvgIpc) is 3.58. The summed E-state index contributed by atoms with van der Waals surface area (Å²) in [7, 11) is 0. The van der Waals surface area contributed by atoms with Gasteiger partial charge in [0.15, 0.2) is 0 Å². The molecule has 0 aliphatic heterocycles. The second kappa shape index (κ2) is 23.2. The predicted octanol–water partition coefficient (Wildman–Crippen LogP) is 8.48. The number of ether oxygens (including phenoxy) is 2. The molecule has 0 fully saturated rings. The fraction of sp³-hybridized carbons (Fsp3) is 0.312. The zero-order valence-corrected chi connectivity index (χ0v) is 23.4. The molecule has 2 nitrogen and oxygen atoms in total.